The first-order valence-electron chi connectivity index (χ1n) is 13.5. The molecular formula is C34H32BrN3O3S. The summed E-state index contributed by atoms with van der Waals surface area (Å²) in [6.45, 7) is 6.06. The van der Waals surface area contributed by atoms with Crippen molar-refractivity contribution >= 4 is 62.9 Å². The molecule has 0 heterocycles. The van der Waals surface area contributed by atoms with Crippen LogP contribution in [0.4, 0.5) is 11.4 Å². The second kappa shape index (κ2) is 14.7. The summed E-state index contributed by atoms with van der Waals surface area (Å²) in [7, 11) is 0. The highest BCUT2D eigenvalue weighted by Gasteiger charge is 2.18. The second-order valence-electron chi connectivity index (χ2n) is 9.91. The minimum absolute atomic E-state index is 0.111. The van der Waals surface area contributed by atoms with Crippen LogP contribution in [0.2, 0.25) is 0 Å². The van der Waals surface area contributed by atoms with Gasteiger partial charge < -0.3 is 16.0 Å². The first-order chi connectivity index (χ1) is 20.2. The van der Waals surface area contributed by atoms with Crippen molar-refractivity contribution in [1.82, 2.24) is 5.32 Å². The zero-order valence-electron chi connectivity index (χ0n) is 23.6. The number of thioether (sulfide) groups is 1. The number of carbonyl (C=O) groups excluding carboxylic acids is 3. The van der Waals surface area contributed by atoms with Gasteiger partial charge in [-0.05, 0) is 88.4 Å². The van der Waals surface area contributed by atoms with E-state index in [0.29, 0.717) is 22.9 Å². The van der Waals surface area contributed by atoms with Crippen LogP contribution >= 0.6 is 27.7 Å². The van der Waals surface area contributed by atoms with Gasteiger partial charge in [-0.3, -0.25) is 14.4 Å². The standard InChI is InChI=1S/C34H32BrN3O3S/c1-22(2)25-18-16-24(17-19-25)20-31(38-33(40)26-10-5-4-6-11-26)34(41)36-27-12-9-13-28(21-27)42-23(3)32(39)37-30-15-8-7-14-29(30)35/h4-23H,1-3H3,(H,36,41)(H,37,39)(H,38,40)/b31-20+. The van der Waals surface area contributed by atoms with E-state index in [1.807, 2.05) is 73.7 Å². The van der Waals surface area contributed by atoms with Crippen LogP contribution in [-0.4, -0.2) is 23.0 Å². The molecule has 4 rings (SSSR count). The summed E-state index contributed by atoms with van der Waals surface area (Å²) in [6, 6.07) is 31.3. The van der Waals surface area contributed by atoms with Crippen molar-refractivity contribution < 1.29 is 14.4 Å². The summed E-state index contributed by atoms with van der Waals surface area (Å²) in [5.74, 6) is -0.611. The molecule has 4 aromatic rings. The van der Waals surface area contributed by atoms with Gasteiger partial charge in [-0.25, -0.2) is 0 Å². The van der Waals surface area contributed by atoms with E-state index in [1.165, 1.54) is 17.3 Å². The number of hydrogen-bond donors (Lipinski definition) is 3. The van der Waals surface area contributed by atoms with Crippen LogP contribution in [0.25, 0.3) is 6.08 Å². The van der Waals surface area contributed by atoms with Gasteiger partial charge in [0.15, 0.2) is 0 Å². The Kier molecular flexibility index (Phi) is 10.8. The monoisotopic (exact) mass is 641 g/mol. The van der Waals surface area contributed by atoms with E-state index in [4.69, 9.17) is 0 Å². The highest BCUT2D eigenvalue weighted by Crippen LogP contribution is 2.28. The van der Waals surface area contributed by atoms with E-state index < -0.39 is 11.2 Å². The molecule has 0 aromatic heterocycles. The molecular weight excluding hydrogens is 610 g/mol. The summed E-state index contributed by atoms with van der Waals surface area (Å²) in [5.41, 5.74) is 3.76. The number of benzene rings is 4. The summed E-state index contributed by atoms with van der Waals surface area (Å²) in [4.78, 5) is 40.0. The molecule has 0 aliphatic heterocycles. The average Bonchev–Trinajstić information content (AvgIpc) is 2.98. The smallest absolute Gasteiger partial charge is 0.272 e. The molecule has 8 heteroatoms. The number of hydrogen-bond acceptors (Lipinski definition) is 4. The van der Waals surface area contributed by atoms with Crippen LogP contribution < -0.4 is 16.0 Å². The number of halogens is 1. The van der Waals surface area contributed by atoms with Gasteiger partial charge in [-0.2, -0.15) is 0 Å². The lowest BCUT2D eigenvalue weighted by molar-refractivity contribution is -0.115. The lowest BCUT2D eigenvalue weighted by atomic mass is 10.0. The molecule has 0 spiro atoms. The molecule has 3 amide bonds. The normalized spacial score (nSPS) is 12.0. The highest BCUT2D eigenvalue weighted by molar-refractivity contribution is 9.10. The van der Waals surface area contributed by atoms with Crippen molar-refractivity contribution in [3.63, 3.8) is 0 Å². The number of para-hydroxylation sites is 1. The molecule has 1 atom stereocenters. The molecule has 0 saturated carbocycles. The number of carbonyl (C=O) groups is 3. The first-order valence-corrected chi connectivity index (χ1v) is 15.2. The SMILES string of the molecule is CC(Sc1cccc(NC(=O)/C(=C\c2ccc(C(C)C)cc2)NC(=O)c2ccccc2)c1)C(=O)Nc1ccccc1Br. The third kappa shape index (κ3) is 8.68. The van der Waals surface area contributed by atoms with Gasteiger partial charge in [0.2, 0.25) is 5.91 Å². The molecule has 0 radical (unpaired) electrons. The zero-order valence-corrected chi connectivity index (χ0v) is 26.0. The second-order valence-corrected chi connectivity index (χ2v) is 12.2. The number of nitrogens with one attached hydrogen (secondary N) is 3. The van der Waals surface area contributed by atoms with Crippen molar-refractivity contribution in [2.75, 3.05) is 10.6 Å². The lowest BCUT2D eigenvalue weighted by Crippen LogP contribution is -2.30. The van der Waals surface area contributed by atoms with E-state index >= 15 is 0 Å². The molecule has 0 aliphatic carbocycles. The number of rotatable bonds is 10. The average molecular weight is 643 g/mol. The maximum atomic E-state index is 13.5. The molecule has 214 valence electrons. The Morgan fingerprint density at radius 2 is 1.48 bits per heavy atom. The van der Waals surface area contributed by atoms with Crippen LogP contribution in [0.15, 0.2) is 118 Å². The fraction of sp³-hybridized carbons (Fsp3) is 0.147. The van der Waals surface area contributed by atoms with E-state index in [-0.39, 0.29) is 17.5 Å². The van der Waals surface area contributed by atoms with E-state index in [2.05, 4.69) is 45.7 Å². The van der Waals surface area contributed by atoms with Crippen LogP contribution in [0.1, 0.15) is 48.2 Å². The Bertz CT molecular complexity index is 1590. The van der Waals surface area contributed by atoms with Gasteiger partial charge in [-0.1, -0.05) is 74.5 Å². The summed E-state index contributed by atoms with van der Waals surface area (Å²) in [5, 5.41) is 8.21. The van der Waals surface area contributed by atoms with Gasteiger partial charge in [-0.15, -0.1) is 11.8 Å². The van der Waals surface area contributed by atoms with Crippen molar-refractivity contribution in [3.8, 4) is 0 Å². The maximum Gasteiger partial charge on any atom is 0.272 e. The third-order valence-electron chi connectivity index (χ3n) is 6.35. The van der Waals surface area contributed by atoms with E-state index in [1.54, 1.807) is 42.5 Å². The number of anilines is 2. The first kappa shape index (κ1) is 30.8. The minimum Gasteiger partial charge on any atom is -0.324 e. The molecule has 4 aromatic carbocycles. The molecule has 42 heavy (non-hydrogen) atoms. The van der Waals surface area contributed by atoms with Crippen LogP contribution in [-0.2, 0) is 9.59 Å². The highest BCUT2D eigenvalue weighted by atomic mass is 79.9. The molecule has 0 bridgehead atoms. The van der Waals surface area contributed by atoms with Crippen LogP contribution in [0.5, 0.6) is 0 Å². The number of amides is 3. The van der Waals surface area contributed by atoms with Gasteiger partial charge >= 0.3 is 0 Å². The Hall–Kier alpha value is -4.14. The fourth-order valence-corrected chi connectivity index (χ4v) is 5.30. The Labute approximate surface area is 259 Å². The van der Waals surface area contributed by atoms with Crippen LogP contribution in [0.3, 0.4) is 0 Å². The molecule has 3 N–H and O–H groups in total. The summed E-state index contributed by atoms with van der Waals surface area (Å²) in [6.07, 6.45) is 1.66. The molecule has 6 nitrogen and oxygen atoms in total. The van der Waals surface area contributed by atoms with Gasteiger partial charge in [0, 0.05) is 20.6 Å². The van der Waals surface area contributed by atoms with E-state index in [0.717, 1.165) is 14.9 Å². The molecule has 0 aliphatic rings. The predicted octanol–water partition coefficient (Wildman–Crippen LogP) is 8.10. The molecule has 0 saturated heterocycles. The Balaban J connectivity index is 1.50. The van der Waals surface area contributed by atoms with Gasteiger partial charge in [0.1, 0.15) is 5.70 Å². The third-order valence-corrected chi connectivity index (χ3v) is 8.13. The Morgan fingerprint density at radius 1 is 0.786 bits per heavy atom. The van der Waals surface area contributed by atoms with E-state index in [9.17, 15) is 14.4 Å². The van der Waals surface area contributed by atoms with Crippen LogP contribution in [0, 0.1) is 0 Å². The maximum absolute atomic E-state index is 13.5. The predicted molar refractivity (Wildman–Crippen MR) is 176 cm³/mol. The fourth-order valence-electron chi connectivity index (χ4n) is 3.99. The lowest BCUT2D eigenvalue weighted by Gasteiger charge is -2.15. The Morgan fingerprint density at radius 3 is 2.17 bits per heavy atom. The summed E-state index contributed by atoms with van der Waals surface area (Å²) >= 11 is 4.83. The van der Waals surface area contributed by atoms with Crippen molar-refractivity contribution in [1.29, 1.82) is 0 Å². The van der Waals surface area contributed by atoms with Crippen molar-refractivity contribution in [3.05, 3.63) is 130 Å². The van der Waals surface area contributed by atoms with Gasteiger partial charge in [0.25, 0.3) is 11.8 Å². The molecule has 1 unspecified atom stereocenters. The van der Waals surface area contributed by atoms with Crippen molar-refractivity contribution in [2.45, 2.75) is 36.8 Å². The quantitative estimate of drug-likeness (QED) is 0.121. The largest absolute Gasteiger partial charge is 0.324 e. The molecule has 0 fully saturated rings. The minimum atomic E-state index is -0.464. The summed E-state index contributed by atoms with van der Waals surface area (Å²) < 4.78 is 0.805. The zero-order chi connectivity index (χ0) is 30.1. The van der Waals surface area contributed by atoms with Crippen molar-refractivity contribution in [2.24, 2.45) is 0 Å². The topological polar surface area (TPSA) is 87.3 Å². The van der Waals surface area contributed by atoms with Gasteiger partial charge in [0.05, 0.1) is 10.9 Å².